The van der Waals surface area contributed by atoms with Crippen LogP contribution in [0.2, 0.25) is 0 Å². The molecule has 0 spiro atoms. The van der Waals surface area contributed by atoms with E-state index in [1.54, 1.807) is 50.2 Å². The predicted octanol–water partition coefficient (Wildman–Crippen LogP) is 3.39. The number of hydrogen-bond donors (Lipinski definition) is 1. The Labute approximate surface area is 140 Å². The largest absolute Gasteiger partial charge is 0.324 e. The molecular formula is C19H18N2O3. The first-order valence-corrected chi connectivity index (χ1v) is 7.79. The van der Waals surface area contributed by atoms with Crippen LogP contribution in [0.15, 0.2) is 42.5 Å². The number of amides is 3. The third-order valence-corrected chi connectivity index (χ3v) is 3.97. The number of nitrogens with zero attached hydrogens (tertiary/aromatic N) is 1. The fourth-order valence-corrected chi connectivity index (χ4v) is 2.62. The van der Waals surface area contributed by atoms with E-state index in [0.717, 1.165) is 10.5 Å². The van der Waals surface area contributed by atoms with Crippen molar-refractivity contribution in [3.63, 3.8) is 0 Å². The van der Waals surface area contributed by atoms with Crippen LogP contribution in [-0.2, 0) is 4.79 Å². The summed E-state index contributed by atoms with van der Waals surface area (Å²) >= 11 is 0. The Morgan fingerprint density at radius 2 is 1.58 bits per heavy atom. The monoisotopic (exact) mass is 322 g/mol. The highest BCUT2D eigenvalue weighted by atomic mass is 16.2. The zero-order valence-electron chi connectivity index (χ0n) is 13.8. The van der Waals surface area contributed by atoms with Crippen LogP contribution in [0, 0.1) is 12.8 Å². The lowest BCUT2D eigenvalue weighted by molar-refractivity contribution is -0.118. The maximum atomic E-state index is 12.7. The van der Waals surface area contributed by atoms with Crippen LogP contribution in [-0.4, -0.2) is 17.7 Å². The van der Waals surface area contributed by atoms with E-state index in [0.29, 0.717) is 22.5 Å². The van der Waals surface area contributed by atoms with Crippen molar-refractivity contribution >= 4 is 29.1 Å². The van der Waals surface area contributed by atoms with Gasteiger partial charge in [-0.3, -0.25) is 14.4 Å². The molecule has 122 valence electrons. The standard InChI is InChI=1S/C19H18N2O3/c1-11(2)17(22)20-15-9-8-12(3)10-16(15)21-18(23)13-6-4-5-7-14(13)19(21)24/h4-11H,1-3H3,(H,20,22). The number of rotatable bonds is 3. The molecule has 0 saturated carbocycles. The second kappa shape index (κ2) is 5.92. The van der Waals surface area contributed by atoms with Gasteiger partial charge in [0.25, 0.3) is 11.8 Å². The van der Waals surface area contributed by atoms with Crippen molar-refractivity contribution in [2.75, 3.05) is 10.2 Å². The van der Waals surface area contributed by atoms with Gasteiger partial charge in [0.05, 0.1) is 22.5 Å². The lowest BCUT2D eigenvalue weighted by atomic mass is 10.1. The number of carbonyl (C=O) groups is 3. The van der Waals surface area contributed by atoms with Gasteiger partial charge in [0.2, 0.25) is 5.91 Å². The summed E-state index contributed by atoms with van der Waals surface area (Å²) in [7, 11) is 0. The molecule has 0 aromatic heterocycles. The van der Waals surface area contributed by atoms with Crippen molar-refractivity contribution in [1.29, 1.82) is 0 Å². The van der Waals surface area contributed by atoms with Crippen molar-refractivity contribution < 1.29 is 14.4 Å². The van der Waals surface area contributed by atoms with E-state index in [4.69, 9.17) is 0 Å². The number of carbonyl (C=O) groups excluding carboxylic acids is 3. The van der Waals surface area contributed by atoms with Gasteiger partial charge in [0, 0.05) is 5.92 Å². The van der Waals surface area contributed by atoms with Crippen molar-refractivity contribution in [2.24, 2.45) is 5.92 Å². The van der Waals surface area contributed by atoms with Gasteiger partial charge < -0.3 is 5.32 Å². The third-order valence-electron chi connectivity index (χ3n) is 3.97. The van der Waals surface area contributed by atoms with E-state index in [9.17, 15) is 14.4 Å². The van der Waals surface area contributed by atoms with E-state index in [1.807, 2.05) is 13.0 Å². The summed E-state index contributed by atoms with van der Waals surface area (Å²) in [5, 5.41) is 2.80. The Bertz CT molecular complexity index is 820. The molecule has 0 radical (unpaired) electrons. The zero-order chi connectivity index (χ0) is 17.4. The molecule has 2 aromatic rings. The first-order chi connectivity index (χ1) is 11.4. The smallest absolute Gasteiger partial charge is 0.266 e. The Morgan fingerprint density at radius 1 is 1.00 bits per heavy atom. The molecule has 0 unspecified atom stereocenters. The topological polar surface area (TPSA) is 66.5 Å². The van der Waals surface area contributed by atoms with Crippen molar-refractivity contribution in [2.45, 2.75) is 20.8 Å². The van der Waals surface area contributed by atoms with Gasteiger partial charge in [0.15, 0.2) is 0 Å². The zero-order valence-corrected chi connectivity index (χ0v) is 13.8. The molecule has 0 saturated heterocycles. The van der Waals surface area contributed by atoms with Crippen LogP contribution >= 0.6 is 0 Å². The molecule has 1 heterocycles. The lowest BCUT2D eigenvalue weighted by Crippen LogP contribution is -2.31. The van der Waals surface area contributed by atoms with Crippen LogP contribution in [0.1, 0.15) is 40.1 Å². The number of nitrogens with one attached hydrogen (secondary N) is 1. The van der Waals surface area contributed by atoms with Gasteiger partial charge in [0.1, 0.15) is 0 Å². The molecule has 5 heteroatoms. The van der Waals surface area contributed by atoms with E-state index < -0.39 is 0 Å². The molecule has 0 bridgehead atoms. The number of aryl methyl sites for hydroxylation is 1. The van der Waals surface area contributed by atoms with Gasteiger partial charge in [-0.05, 0) is 36.8 Å². The summed E-state index contributed by atoms with van der Waals surface area (Å²) in [6.45, 7) is 5.44. The van der Waals surface area contributed by atoms with Crippen LogP contribution < -0.4 is 10.2 Å². The maximum Gasteiger partial charge on any atom is 0.266 e. The highest BCUT2D eigenvalue weighted by molar-refractivity contribution is 6.35. The SMILES string of the molecule is Cc1ccc(NC(=O)C(C)C)c(N2C(=O)c3ccccc3C2=O)c1. The van der Waals surface area contributed by atoms with Crippen molar-refractivity contribution in [3.8, 4) is 0 Å². The molecule has 5 nitrogen and oxygen atoms in total. The molecule has 0 fully saturated rings. The second-order valence-electron chi connectivity index (χ2n) is 6.16. The summed E-state index contributed by atoms with van der Waals surface area (Å²) in [6, 6.07) is 12.0. The summed E-state index contributed by atoms with van der Waals surface area (Å²) in [6.07, 6.45) is 0. The average molecular weight is 322 g/mol. The van der Waals surface area contributed by atoms with Gasteiger partial charge in [-0.1, -0.05) is 32.0 Å². The first-order valence-electron chi connectivity index (χ1n) is 7.79. The average Bonchev–Trinajstić information content (AvgIpc) is 2.81. The highest BCUT2D eigenvalue weighted by Gasteiger charge is 2.37. The highest BCUT2D eigenvalue weighted by Crippen LogP contribution is 2.34. The minimum atomic E-state index is -0.374. The minimum Gasteiger partial charge on any atom is -0.324 e. The van der Waals surface area contributed by atoms with Crippen molar-refractivity contribution in [1.82, 2.24) is 0 Å². The second-order valence-corrected chi connectivity index (χ2v) is 6.16. The third kappa shape index (κ3) is 2.58. The molecule has 1 N–H and O–H groups in total. The molecule has 1 aliphatic heterocycles. The quantitative estimate of drug-likeness (QED) is 0.881. The van der Waals surface area contributed by atoms with E-state index in [-0.39, 0.29) is 23.6 Å². The number of fused-ring (bicyclic) bond motifs is 1. The molecule has 0 atom stereocenters. The summed E-state index contributed by atoms with van der Waals surface area (Å²) in [5.41, 5.74) is 2.50. The van der Waals surface area contributed by atoms with Gasteiger partial charge in [-0.15, -0.1) is 0 Å². The molecule has 1 aliphatic rings. The summed E-state index contributed by atoms with van der Waals surface area (Å²) in [5.74, 6) is -1.12. The van der Waals surface area contributed by atoms with E-state index >= 15 is 0 Å². The Hall–Kier alpha value is -2.95. The fraction of sp³-hybridized carbons (Fsp3) is 0.211. The first kappa shape index (κ1) is 15.9. The normalized spacial score (nSPS) is 13.4. The summed E-state index contributed by atoms with van der Waals surface area (Å²) in [4.78, 5) is 38.5. The number of imide groups is 1. The Balaban J connectivity index is 2.07. The number of anilines is 2. The molecule has 3 rings (SSSR count). The minimum absolute atomic E-state index is 0.170. The van der Waals surface area contributed by atoms with E-state index in [1.165, 1.54) is 0 Å². The number of hydrogen-bond acceptors (Lipinski definition) is 3. The number of benzene rings is 2. The van der Waals surface area contributed by atoms with Gasteiger partial charge in [-0.25, -0.2) is 4.90 Å². The maximum absolute atomic E-state index is 12.7. The molecule has 0 aliphatic carbocycles. The molecule has 2 aromatic carbocycles. The van der Waals surface area contributed by atoms with Gasteiger partial charge in [-0.2, -0.15) is 0 Å². The Kier molecular flexibility index (Phi) is 3.93. The van der Waals surface area contributed by atoms with Crippen molar-refractivity contribution in [3.05, 3.63) is 59.2 Å². The molecule has 24 heavy (non-hydrogen) atoms. The predicted molar refractivity (Wildman–Crippen MR) is 92.2 cm³/mol. The van der Waals surface area contributed by atoms with Crippen LogP contribution in [0.25, 0.3) is 0 Å². The van der Waals surface area contributed by atoms with Gasteiger partial charge >= 0.3 is 0 Å². The van der Waals surface area contributed by atoms with Crippen LogP contribution in [0.3, 0.4) is 0 Å². The molecular weight excluding hydrogens is 304 g/mol. The van der Waals surface area contributed by atoms with Crippen LogP contribution in [0.5, 0.6) is 0 Å². The Morgan fingerprint density at radius 3 is 2.12 bits per heavy atom. The van der Waals surface area contributed by atoms with Crippen LogP contribution in [0.4, 0.5) is 11.4 Å². The fourth-order valence-electron chi connectivity index (χ4n) is 2.62. The summed E-state index contributed by atoms with van der Waals surface area (Å²) < 4.78 is 0. The molecule has 3 amide bonds. The lowest BCUT2D eigenvalue weighted by Gasteiger charge is -2.20. The van der Waals surface area contributed by atoms with E-state index in [2.05, 4.69) is 5.32 Å².